The minimum Gasteiger partial charge on any atom is -0.335 e. The summed E-state index contributed by atoms with van der Waals surface area (Å²) in [6.07, 6.45) is 4.34. The van der Waals surface area contributed by atoms with Crippen molar-refractivity contribution in [2.24, 2.45) is 0 Å². The highest BCUT2D eigenvalue weighted by Crippen LogP contribution is 2.30. The molecule has 1 aromatic carbocycles. The zero-order valence-electron chi connectivity index (χ0n) is 16.1. The summed E-state index contributed by atoms with van der Waals surface area (Å²) in [5, 5.41) is 17.3. The Morgan fingerprint density at radius 2 is 1.89 bits per heavy atom. The van der Waals surface area contributed by atoms with Gasteiger partial charge >= 0.3 is 0 Å². The third-order valence-corrected chi connectivity index (χ3v) is 5.48. The van der Waals surface area contributed by atoms with E-state index in [0.29, 0.717) is 40.9 Å². The second-order valence-corrected chi connectivity index (χ2v) is 7.58. The van der Waals surface area contributed by atoms with E-state index in [1.807, 2.05) is 31.2 Å². The second-order valence-electron chi connectivity index (χ2n) is 7.58. The van der Waals surface area contributed by atoms with Gasteiger partial charge in [0.1, 0.15) is 5.54 Å². The Labute approximate surface area is 163 Å². The molecule has 2 heterocycles. The largest absolute Gasteiger partial charge is 0.335 e. The zero-order valence-corrected chi connectivity index (χ0v) is 16.1. The van der Waals surface area contributed by atoms with Gasteiger partial charge in [0.2, 0.25) is 0 Å². The Morgan fingerprint density at radius 3 is 2.57 bits per heavy atom. The van der Waals surface area contributed by atoms with Crippen molar-refractivity contribution < 1.29 is 9.32 Å². The molecule has 6 nitrogen and oxygen atoms in total. The van der Waals surface area contributed by atoms with Crippen LogP contribution in [0, 0.1) is 25.2 Å². The maximum Gasteiger partial charge on any atom is 0.259 e. The number of nitrogens with zero attached hydrogens (tertiary/aromatic N) is 3. The normalized spacial score (nSPS) is 15.9. The first-order valence-corrected chi connectivity index (χ1v) is 9.59. The molecule has 28 heavy (non-hydrogen) atoms. The minimum atomic E-state index is -0.806. The molecule has 0 aliphatic heterocycles. The molecule has 0 radical (unpaired) electrons. The van der Waals surface area contributed by atoms with Gasteiger partial charge in [0.15, 0.2) is 0 Å². The summed E-state index contributed by atoms with van der Waals surface area (Å²) < 4.78 is 5.36. The van der Waals surface area contributed by atoms with Gasteiger partial charge in [0.05, 0.1) is 28.4 Å². The van der Waals surface area contributed by atoms with Gasteiger partial charge in [-0.1, -0.05) is 54.2 Å². The molecule has 1 aliphatic rings. The Kier molecular flexibility index (Phi) is 4.60. The predicted octanol–water partition coefficient (Wildman–Crippen LogP) is 4.46. The van der Waals surface area contributed by atoms with Gasteiger partial charge in [-0.15, -0.1) is 0 Å². The molecule has 0 bridgehead atoms. The molecule has 2 aromatic heterocycles. The number of nitriles is 1. The van der Waals surface area contributed by atoms with Crippen LogP contribution in [0.1, 0.15) is 53.7 Å². The summed E-state index contributed by atoms with van der Waals surface area (Å²) >= 11 is 0. The predicted molar refractivity (Wildman–Crippen MR) is 106 cm³/mol. The zero-order chi connectivity index (χ0) is 19.7. The number of carbonyl (C=O) groups is 1. The molecule has 0 unspecified atom stereocenters. The lowest BCUT2D eigenvalue weighted by molar-refractivity contribution is 0.0904. The number of carbonyl (C=O) groups excluding carboxylic acids is 1. The molecule has 0 atom stereocenters. The Morgan fingerprint density at radius 1 is 1.18 bits per heavy atom. The Balaban J connectivity index is 1.78. The number of hydrogen-bond donors (Lipinski definition) is 1. The highest BCUT2D eigenvalue weighted by Gasteiger charge is 2.34. The van der Waals surface area contributed by atoms with Crippen LogP contribution in [0.2, 0.25) is 0 Å². The van der Waals surface area contributed by atoms with E-state index in [4.69, 9.17) is 4.52 Å². The molecular formula is C22H22N4O2. The highest BCUT2D eigenvalue weighted by molar-refractivity contribution is 6.07. The van der Waals surface area contributed by atoms with Crippen molar-refractivity contribution in [1.82, 2.24) is 15.5 Å². The summed E-state index contributed by atoms with van der Waals surface area (Å²) in [5.41, 5.74) is 3.26. The number of fused-ring (bicyclic) bond motifs is 1. The molecule has 142 valence electrons. The molecule has 0 spiro atoms. The van der Waals surface area contributed by atoms with E-state index in [9.17, 15) is 10.1 Å². The van der Waals surface area contributed by atoms with Crippen LogP contribution in [0.5, 0.6) is 0 Å². The fourth-order valence-electron chi connectivity index (χ4n) is 3.85. The molecule has 4 rings (SSSR count). The van der Waals surface area contributed by atoms with Gasteiger partial charge < -0.3 is 9.84 Å². The smallest absolute Gasteiger partial charge is 0.259 e. The minimum absolute atomic E-state index is 0.282. The van der Waals surface area contributed by atoms with E-state index in [1.54, 1.807) is 13.0 Å². The summed E-state index contributed by atoms with van der Waals surface area (Å²) in [4.78, 5) is 17.8. The van der Waals surface area contributed by atoms with Crippen molar-refractivity contribution in [2.75, 3.05) is 0 Å². The number of amides is 1. The second kappa shape index (κ2) is 7.08. The number of pyridine rings is 1. The first kappa shape index (κ1) is 18.2. The monoisotopic (exact) mass is 374 g/mol. The first-order valence-electron chi connectivity index (χ1n) is 9.59. The van der Waals surface area contributed by atoms with Crippen LogP contribution in [0.4, 0.5) is 0 Å². The van der Waals surface area contributed by atoms with Gasteiger partial charge in [-0.25, -0.2) is 4.98 Å². The molecule has 0 saturated heterocycles. The van der Waals surface area contributed by atoms with Crippen molar-refractivity contribution in [1.29, 1.82) is 5.26 Å². The highest BCUT2D eigenvalue weighted by atomic mass is 16.5. The molecule has 1 amide bonds. The average Bonchev–Trinajstić information content (AvgIpc) is 3.09. The number of aryl methyl sites for hydroxylation is 2. The number of nitrogens with one attached hydrogen (secondary N) is 1. The van der Waals surface area contributed by atoms with Gasteiger partial charge in [0.25, 0.3) is 11.6 Å². The van der Waals surface area contributed by atoms with Crippen molar-refractivity contribution in [3.05, 3.63) is 47.2 Å². The lowest BCUT2D eigenvalue weighted by Crippen LogP contribution is -2.48. The molecule has 3 aromatic rings. The van der Waals surface area contributed by atoms with E-state index >= 15 is 0 Å². The maximum absolute atomic E-state index is 13.2. The molecule has 1 aliphatic carbocycles. The van der Waals surface area contributed by atoms with E-state index in [1.165, 1.54) is 0 Å². The fraction of sp³-hybridized carbons (Fsp3) is 0.364. The SMILES string of the molecule is Cc1ccc(-c2cc(C(=O)NC3(C#N)CCCCC3)c3c(C)noc3n2)cc1. The van der Waals surface area contributed by atoms with Crippen LogP contribution >= 0.6 is 0 Å². The van der Waals surface area contributed by atoms with Gasteiger partial charge in [0, 0.05) is 5.56 Å². The molecular weight excluding hydrogens is 352 g/mol. The van der Waals surface area contributed by atoms with Crippen LogP contribution in [0.15, 0.2) is 34.9 Å². The first-order chi connectivity index (χ1) is 13.5. The Bertz CT molecular complexity index is 1070. The Hall–Kier alpha value is -3.20. The fourth-order valence-corrected chi connectivity index (χ4v) is 3.85. The standard InChI is InChI=1S/C22H22N4O2/c1-14-6-8-16(9-7-14)18-12-17(19-15(2)26-28-21(19)24-18)20(27)25-22(13-23)10-4-3-5-11-22/h6-9,12H,3-5,10-11H2,1-2H3,(H,25,27). The van der Waals surface area contributed by atoms with Crippen molar-refractivity contribution in [3.63, 3.8) is 0 Å². The lowest BCUT2D eigenvalue weighted by atomic mass is 9.82. The number of aromatic nitrogens is 2. The van der Waals surface area contributed by atoms with Crippen molar-refractivity contribution >= 4 is 17.0 Å². The van der Waals surface area contributed by atoms with Gasteiger partial charge in [-0.05, 0) is 32.8 Å². The maximum atomic E-state index is 13.2. The third kappa shape index (κ3) is 3.24. The third-order valence-electron chi connectivity index (χ3n) is 5.48. The van der Waals surface area contributed by atoms with Crippen molar-refractivity contribution in [3.8, 4) is 17.3 Å². The number of rotatable bonds is 3. The summed E-state index contributed by atoms with van der Waals surface area (Å²) in [6.45, 7) is 3.81. The van der Waals surface area contributed by atoms with Crippen LogP contribution in [-0.2, 0) is 0 Å². The van der Waals surface area contributed by atoms with E-state index in [0.717, 1.165) is 30.4 Å². The van der Waals surface area contributed by atoms with Crippen molar-refractivity contribution in [2.45, 2.75) is 51.5 Å². The van der Waals surface area contributed by atoms with E-state index in [-0.39, 0.29) is 5.91 Å². The van der Waals surface area contributed by atoms with Crippen LogP contribution in [0.3, 0.4) is 0 Å². The lowest BCUT2D eigenvalue weighted by Gasteiger charge is -2.31. The summed E-state index contributed by atoms with van der Waals surface area (Å²) in [6, 6.07) is 12.0. The topological polar surface area (TPSA) is 91.8 Å². The number of benzene rings is 1. The summed E-state index contributed by atoms with van der Waals surface area (Å²) in [7, 11) is 0. The van der Waals surface area contributed by atoms with Crippen LogP contribution < -0.4 is 5.32 Å². The molecule has 6 heteroatoms. The summed E-state index contributed by atoms with van der Waals surface area (Å²) in [5.74, 6) is -0.282. The van der Waals surface area contributed by atoms with Crippen LogP contribution in [-0.4, -0.2) is 21.6 Å². The van der Waals surface area contributed by atoms with E-state index < -0.39 is 5.54 Å². The van der Waals surface area contributed by atoms with Gasteiger partial charge in [-0.2, -0.15) is 5.26 Å². The van der Waals surface area contributed by atoms with E-state index in [2.05, 4.69) is 21.5 Å². The van der Waals surface area contributed by atoms with Crippen LogP contribution in [0.25, 0.3) is 22.4 Å². The molecule has 1 N–H and O–H groups in total. The van der Waals surface area contributed by atoms with Gasteiger partial charge in [-0.3, -0.25) is 4.79 Å². The number of hydrogen-bond acceptors (Lipinski definition) is 5. The molecule has 1 saturated carbocycles. The quantitative estimate of drug-likeness (QED) is 0.730. The molecule has 1 fully saturated rings. The average molecular weight is 374 g/mol.